The van der Waals surface area contributed by atoms with Crippen LogP contribution in [0.4, 0.5) is 11.6 Å². The van der Waals surface area contributed by atoms with Crippen LogP contribution in [-0.4, -0.2) is 44.3 Å². The predicted molar refractivity (Wildman–Crippen MR) is 148 cm³/mol. The monoisotopic (exact) mass is 522 g/mol. The van der Waals surface area contributed by atoms with Gasteiger partial charge in [-0.3, -0.25) is 4.57 Å². The van der Waals surface area contributed by atoms with Crippen LogP contribution in [0.1, 0.15) is 16.7 Å². The zero-order valence-corrected chi connectivity index (χ0v) is 21.4. The number of aromatic nitrogens is 4. The molecule has 3 heterocycles. The Morgan fingerprint density at radius 1 is 0.846 bits per heavy atom. The number of benzene rings is 3. The first-order valence-electron chi connectivity index (χ1n) is 12.3. The van der Waals surface area contributed by atoms with Gasteiger partial charge in [0.2, 0.25) is 0 Å². The first-order chi connectivity index (χ1) is 19.0. The van der Waals surface area contributed by atoms with Crippen molar-refractivity contribution in [3.8, 4) is 28.6 Å². The summed E-state index contributed by atoms with van der Waals surface area (Å²) in [6.07, 6.45) is 1.72. The molecule has 0 saturated carbocycles. The Morgan fingerprint density at radius 2 is 1.46 bits per heavy atom. The molecule has 2 aromatic heterocycles. The van der Waals surface area contributed by atoms with E-state index in [-0.39, 0.29) is 11.4 Å². The van der Waals surface area contributed by atoms with Crippen molar-refractivity contribution in [3.05, 3.63) is 106 Å². The number of imidazole rings is 2. The molecule has 3 aromatic carbocycles. The summed E-state index contributed by atoms with van der Waals surface area (Å²) in [6.45, 7) is 0.844. The molecule has 1 aliphatic heterocycles. The van der Waals surface area contributed by atoms with Gasteiger partial charge in [-0.2, -0.15) is 0 Å². The molecule has 5 aromatic rings. The molecule has 0 spiro atoms. The SMILES string of the molecule is COc1ccc(Cn2cnc3c2N=C(c2ccc(O)cc2)Nc2c-3[nH]c(=O)n2Cc2ccc(OC)cc2)cc1. The molecule has 0 saturated heterocycles. The molecule has 6 rings (SSSR count). The maximum Gasteiger partial charge on any atom is 0.327 e. The lowest BCUT2D eigenvalue weighted by atomic mass is 10.2. The average molecular weight is 523 g/mol. The lowest BCUT2D eigenvalue weighted by molar-refractivity contribution is 0.414. The van der Waals surface area contributed by atoms with Gasteiger partial charge in [0.1, 0.15) is 40.3 Å². The quantitative estimate of drug-likeness (QED) is 0.292. The van der Waals surface area contributed by atoms with Gasteiger partial charge >= 0.3 is 5.69 Å². The Morgan fingerprint density at radius 3 is 2.08 bits per heavy atom. The van der Waals surface area contributed by atoms with Gasteiger partial charge in [-0.25, -0.2) is 14.8 Å². The Hall–Kier alpha value is -5.25. The Bertz CT molecular complexity index is 1710. The summed E-state index contributed by atoms with van der Waals surface area (Å²) in [6, 6.07) is 22.1. The van der Waals surface area contributed by atoms with Crippen molar-refractivity contribution in [2.45, 2.75) is 13.1 Å². The Kier molecular flexibility index (Phi) is 6.12. The van der Waals surface area contributed by atoms with Gasteiger partial charge in [-0.05, 0) is 59.7 Å². The number of fused-ring (bicyclic) bond motifs is 3. The zero-order chi connectivity index (χ0) is 26.9. The number of hydrogen-bond acceptors (Lipinski definition) is 7. The summed E-state index contributed by atoms with van der Waals surface area (Å²) in [5.41, 5.74) is 3.55. The molecule has 0 fully saturated rings. The van der Waals surface area contributed by atoms with E-state index in [1.807, 2.05) is 53.1 Å². The third kappa shape index (κ3) is 4.63. The molecule has 0 atom stereocenters. The van der Waals surface area contributed by atoms with Crippen LogP contribution in [0.3, 0.4) is 0 Å². The summed E-state index contributed by atoms with van der Waals surface area (Å²) < 4.78 is 14.1. The molecule has 1 aliphatic rings. The maximum atomic E-state index is 13.2. The second-order valence-corrected chi connectivity index (χ2v) is 9.11. The van der Waals surface area contributed by atoms with Crippen molar-refractivity contribution in [1.29, 1.82) is 0 Å². The number of nitrogens with one attached hydrogen (secondary N) is 2. The lowest BCUT2D eigenvalue weighted by Gasteiger charge is -2.13. The van der Waals surface area contributed by atoms with Crippen molar-refractivity contribution in [2.75, 3.05) is 19.5 Å². The maximum absolute atomic E-state index is 13.2. The van der Waals surface area contributed by atoms with Crippen molar-refractivity contribution < 1.29 is 14.6 Å². The van der Waals surface area contributed by atoms with Gasteiger partial charge in [0.15, 0.2) is 5.82 Å². The zero-order valence-electron chi connectivity index (χ0n) is 21.4. The van der Waals surface area contributed by atoms with Crippen molar-refractivity contribution in [2.24, 2.45) is 4.99 Å². The van der Waals surface area contributed by atoms with Gasteiger partial charge in [0, 0.05) is 5.56 Å². The van der Waals surface area contributed by atoms with Crippen LogP contribution in [0, 0.1) is 0 Å². The van der Waals surface area contributed by atoms with Crippen LogP contribution in [0.25, 0.3) is 11.4 Å². The van der Waals surface area contributed by atoms with Gasteiger partial charge < -0.3 is 29.4 Å². The summed E-state index contributed by atoms with van der Waals surface area (Å²) in [5, 5.41) is 13.2. The predicted octanol–water partition coefficient (Wildman–Crippen LogP) is 4.36. The second-order valence-electron chi connectivity index (χ2n) is 9.11. The van der Waals surface area contributed by atoms with Crippen LogP contribution in [0.15, 0.2) is 88.9 Å². The molecule has 196 valence electrons. The molecule has 0 amide bonds. The summed E-state index contributed by atoms with van der Waals surface area (Å²) in [5.74, 6) is 3.34. The minimum atomic E-state index is -0.272. The number of rotatable bonds is 7. The molecular weight excluding hydrogens is 496 g/mol. The third-order valence-corrected chi connectivity index (χ3v) is 6.64. The van der Waals surface area contributed by atoms with Crippen molar-refractivity contribution in [1.82, 2.24) is 19.1 Å². The number of aliphatic imine (C=N–C) groups is 1. The number of methoxy groups -OCH3 is 2. The number of aromatic amines is 1. The fourth-order valence-corrected chi connectivity index (χ4v) is 4.55. The Balaban J connectivity index is 1.46. The molecule has 0 bridgehead atoms. The lowest BCUT2D eigenvalue weighted by Crippen LogP contribution is -2.22. The van der Waals surface area contributed by atoms with E-state index < -0.39 is 0 Å². The van der Waals surface area contributed by atoms with E-state index in [9.17, 15) is 9.90 Å². The first-order valence-corrected chi connectivity index (χ1v) is 12.3. The highest BCUT2D eigenvalue weighted by atomic mass is 16.5. The number of amidine groups is 1. The number of anilines is 1. The number of phenolic OH excluding ortho intramolecular Hbond substituents is 1. The highest BCUT2D eigenvalue weighted by Gasteiger charge is 2.27. The highest BCUT2D eigenvalue weighted by Crippen LogP contribution is 2.36. The molecule has 0 radical (unpaired) electrons. The van der Waals surface area contributed by atoms with E-state index in [1.54, 1.807) is 49.4 Å². The molecule has 10 nitrogen and oxygen atoms in total. The van der Waals surface area contributed by atoms with E-state index in [0.29, 0.717) is 41.9 Å². The van der Waals surface area contributed by atoms with E-state index in [1.165, 1.54) is 0 Å². The Labute approximate surface area is 223 Å². The molecule has 3 N–H and O–H groups in total. The van der Waals surface area contributed by atoms with E-state index in [4.69, 9.17) is 14.5 Å². The number of hydrogen-bond donors (Lipinski definition) is 3. The smallest absolute Gasteiger partial charge is 0.327 e. The van der Waals surface area contributed by atoms with Gasteiger partial charge in [0.05, 0.1) is 33.6 Å². The fraction of sp³-hybridized carbons (Fsp3) is 0.138. The van der Waals surface area contributed by atoms with Gasteiger partial charge in [0.25, 0.3) is 0 Å². The van der Waals surface area contributed by atoms with E-state index >= 15 is 0 Å². The highest BCUT2D eigenvalue weighted by molar-refractivity contribution is 6.12. The fourth-order valence-electron chi connectivity index (χ4n) is 4.55. The van der Waals surface area contributed by atoms with Gasteiger partial charge in [-0.1, -0.05) is 24.3 Å². The average Bonchev–Trinajstić information content (AvgIpc) is 3.43. The van der Waals surface area contributed by atoms with Gasteiger partial charge in [-0.15, -0.1) is 0 Å². The van der Waals surface area contributed by atoms with Crippen molar-refractivity contribution in [3.63, 3.8) is 0 Å². The number of nitrogens with zero attached hydrogens (tertiary/aromatic N) is 4. The summed E-state index contributed by atoms with van der Waals surface area (Å²) in [7, 11) is 3.25. The summed E-state index contributed by atoms with van der Waals surface area (Å²) >= 11 is 0. The minimum absolute atomic E-state index is 0.150. The number of H-pyrrole nitrogens is 1. The number of aromatic hydroxyl groups is 1. The van der Waals surface area contributed by atoms with Crippen LogP contribution in [0.2, 0.25) is 0 Å². The number of phenols is 1. The van der Waals surface area contributed by atoms with Crippen molar-refractivity contribution >= 4 is 17.5 Å². The first kappa shape index (κ1) is 24.1. The second kappa shape index (κ2) is 9.90. The minimum Gasteiger partial charge on any atom is -0.508 e. The van der Waals surface area contributed by atoms with Crippen LogP contribution < -0.4 is 20.5 Å². The largest absolute Gasteiger partial charge is 0.508 e. The standard InChI is InChI=1S/C29H26N6O4/c1-38-22-11-3-18(4-12-22)15-34-17-30-24-25-28(33-26(32-27(24)34)20-7-9-21(36)10-8-20)35(29(37)31-25)16-19-5-13-23(39-2)14-6-19/h3-14,17,36H,15-16H2,1-2H3,(H,31,37)(H,32,33). The van der Waals surface area contributed by atoms with Crippen LogP contribution >= 0.6 is 0 Å². The van der Waals surface area contributed by atoms with E-state index in [0.717, 1.165) is 28.2 Å². The third-order valence-electron chi connectivity index (χ3n) is 6.64. The molecule has 10 heteroatoms. The molecule has 0 unspecified atom stereocenters. The van der Waals surface area contributed by atoms with Crippen LogP contribution in [0.5, 0.6) is 17.2 Å². The number of ether oxygens (including phenoxy) is 2. The molecular formula is C29H26N6O4. The topological polar surface area (TPSA) is 119 Å². The summed E-state index contributed by atoms with van der Waals surface area (Å²) in [4.78, 5) is 25.8. The van der Waals surface area contributed by atoms with Crippen LogP contribution in [-0.2, 0) is 13.1 Å². The normalized spacial score (nSPS) is 12.1. The molecule has 39 heavy (non-hydrogen) atoms. The van der Waals surface area contributed by atoms with E-state index in [2.05, 4.69) is 15.3 Å². The molecule has 0 aliphatic carbocycles.